The summed E-state index contributed by atoms with van der Waals surface area (Å²) in [5.74, 6) is -0.731. The van der Waals surface area contributed by atoms with Gasteiger partial charge < -0.3 is 5.11 Å². The first-order valence-electron chi connectivity index (χ1n) is 7.07. The molecule has 0 radical (unpaired) electrons. The van der Waals surface area contributed by atoms with E-state index in [4.69, 9.17) is 10.2 Å². The van der Waals surface area contributed by atoms with Crippen molar-refractivity contribution in [3.63, 3.8) is 0 Å². The van der Waals surface area contributed by atoms with Gasteiger partial charge in [0, 0.05) is 6.20 Å². The average molecular weight is 359 g/mol. The summed E-state index contributed by atoms with van der Waals surface area (Å²) in [5.41, 5.74) is 1.22. The van der Waals surface area contributed by atoms with Crippen LogP contribution in [0.1, 0.15) is 5.69 Å². The van der Waals surface area contributed by atoms with E-state index in [0.29, 0.717) is 17.2 Å². The Bertz CT molecular complexity index is 1070. The van der Waals surface area contributed by atoms with Crippen LogP contribution in [-0.2, 0) is 21.2 Å². The Labute approximate surface area is 142 Å². The van der Waals surface area contributed by atoms with Gasteiger partial charge in [0.25, 0.3) is 0 Å². The van der Waals surface area contributed by atoms with Crippen molar-refractivity contribution in [3.8, 4) is 0 Å². The summed E-state index contributed by atoms with van der Waals surface area (Å²) in [4.78, 5) is 15.2. The number of aliphatic carboxylic acids is 1. The van der Waals surface area contributed by atoms with Gasteiger partial charge in [-0.1, -0.05) is 6.07 Å². The molecule has 3 N–H and O–H groups in total. The normalized spacial score (nSPS) is 12.0. The number of nitrogens with two attached hydrogens (primary N) is 1. The van der Waals surface area contributed by atoms with E-state index in [2.05, 4.69) is 15.2 Å². The fourth-order valence-corrected chi connectivity index (χ4v) is 2.72. The SMILES string of the molecule is NS(=O)(=O)c1ccc(N=Nc2c(CC(=O)O)nc3ccccn23)cc1. The molecule has 0 aliphatic carbocycles. The number of rotatable bonds is 5. The minimum Gasteiger partial charge on any atom is -0.481 e. The first kappa shape index (κ1) is 16.7. The highest BCUT2D eigenvalue weighted by Gasteiger charge is 2.14. The first-order valence-corrected chi connectivity index (χ1v) is 8.61. The van der Waals surface area contributed by atoms with Crippen LogP contribution >= 0.6 is 0 Å². The number of hydrogen-bond acceptors (Lipinski definition) is 6. The monoisotopic (exact) mass is 359 g/mol. The Morgan fingerprint density at radius 1 is 1.16 bits per heavy atom. The highest BCUT2D eigenvalue weighted by atomic mass is 32.2. The highest BCUT2D eigenvalue weighted by molar-refractivity contribution is 7.89. The lowest BCUT2D eigenvalue weighted by Gasteiger charge is -1.99. The van der Waals surface area contributed by atoms with Crippen LogP contribution in [-0.4, -0.2) is 28.9 Å². The Morgan fingerprint density at radius 2 is 1.88 bits per heavy atom. The van der Waals surface area contributed by atoms with E-state index in [1.165, 1.54) is 24.3 Å². The third-order valence-electron chi connectivity index (χ3n) is 3.32. The van der Waals surface area contributed by atoms with Gasteiger partial charge in [-0.05, 0) is 36.4 Å². The molecule has 3 aromatic rings. The smallest absolute Gasteiger partial charge is 0.309 e. The molecule has 0 atom stereocenters. The standard InChI is InChI=1S/C15H13N5O4S/c16-25(23,24)11-6-4-10(5-7-11)18-19-15-12(9-14(21)22)17-13-3-1-2-8-20(13)15/h1-8H,9H2,(H,21,22)(H2,16,23,24). The lowest BCUT2D eigenvalue weighted by atomic mass is 10.3. The zero-order chi connectivity index (χ0) is 18.0. The lowest BCUT2D eigenvalue weighted by Crippen LogP contribution is -2.11. The number of fused-ring (bicyclic) bond motifs is 1. The van der Waals surface area contributed by atoms with Crippen LogP contribution in [0.4, 0.5) is 11.5 Å². The molecule has 128 valence electrons. The summed E-state index contributed by atoms with van der Waals surface area (Å²) in [5, 5.41) is 22.2. The van der Waals surface area contributed by atoms with Gasteiger partial charge in [0.2, 0.25) is 10.0 Å². The minimum absolute atomic E-state index is 0.0344. The number of nitrogens with zero attached hydrogens (tertiary/aromatic N) is 4. The molecule has 2 heterocycles. The molecule has 0 spiro atoms. The number of carboxylic acid groups (broad SMARTS) is 1. The van der Waals surface area contributed by atoms with Crippen molar-refractivity contribution in [2.75, 3.05) is 0 Å². The number of imidazole rings is 1. The molecule has 0 saturated heterocycles. The second kappa shape index (κ2) is 6.42. The van der Waals surface area contributed by atoms with E-state index in [0.717, 1.165) is 0 Å². The van der Waals surface area contributed by atoms with Crippen LogP contribution in [0, 0.1) is 0 Å². The molecule has 3 rings (SSSR count). The number of sulfonamides is 1. The molecule has 0 aliphatic rings. The van der Waals surface area contributed by atoms with Crippen molar-refractivity contribution in [2.24, 2.45) is 15.4 Å². The van der Waals surface area contributed by atoms with E-state index in [9.17, 15) is 13.2 Å². The maximum atomic E-state index is 11.2. The van der Waals surface area contributed by atoms with Crippen LogP contribution in [0.15, 0.2) is 63.8 Å². The number of azo groups is 1. The summed E-state index contributed by atoms with van der Waals surface area (Å²) < 4.78 is 24.1. The summed E-state index contributed by atoms with van der Waals surface area (Å²) >= 11 is 0. The Kier molecular flexibility index (Phi) is 4.30. The Morgan fingerprint density at radius 3 is 2.52 bits per heavy atom. The van der Waals surface area contributed by atoms with Gasteiger partial charge in [-0.25, -0.2) is 18.5 Å². The van der Waals surface area contributed by atoms with Gasteiger partial charge in [-0.3, -0.25) is 9.20 Å². The van der Waals surface area contributed by atoms with Crippen LogP contribution in [0.2, 0.25) is 0 Å². The van der Waals surface area contributed by atoms with Crippen molar-refractivity contribution < 1.29 is 18.3 Å². The van der Waals surface area contributed by atoms with Crippen molar-refractivity contribution in [3.05, 3.63) is 54.4 Å². The maximum Gasteiger partial charge on any atom is 0.309 e. The highest BCUT2D eigenvalue weighted by Crippen LogP contribution is 2.25. The lowest BCUT2D eigenvalue weighted by molar-refractivity contribution is -0.136. The summed E-state index contributed by atoms with van der Waals surface area (Å²) in [7, 11) is -3.78. The number of carbonyl (C=O) groups is 1. The molecule has 10 heteroatoms. The summed E-state index contributed by atoms with van der Waals surface area (Å²) in [6.07, 6.45) is 1.41. The van der Waals surface area contributed by atoms with Crippen molar-refractivity contribution in [2.45, 2.75) is 11.3 Å². The maximum absolute atomic E-state index is 11.2. The van der Waals surface area contributed by atoms with Gasteiger partial charge in [-0.2, -0.15) is 0 Å². The second-order valence-corrected chi connectivity index (χ2v) is 6.68. The Hall–Kier alpha value is -3.11. The van der Waals surface area contributed by atoms with Gasteiger partial charge in [0.15, 0.2) is 5.82 Å². The average Bonchev–Trinajstić information content (AvgIpc) is 2.89. The number of benzene rings is 1. The van der Waals surface area contributed by atoms with Crippen molar-refractivity contribution in [1.82, 2.24) is 9.38 Å². The molecule has 0 bridgehead atoms. The van der Waals surface area contributed by atoms with Gasteiger partial charge in [0.1, 0.15) is 5.65 Å². The zero-order valence-corrected chi connectivity index (χ0v) is 13.6. The summed E-state index contributed by atoms with van der Waals surface area (Å²) in [6.45, 7) is 0. The molecule has 0 amide bonds. The predicted octanol–water partition coefficient (Wildman–Crippen LogP) is 2.02. The first-order chi connectivity index (χ1) is 11.8. The number of hydrogen-bond donors (Lipinski definition) is 2. The predicted molar refractivity (Wildman–Crippen MR) is 88.5 cm³/mol. The second-order valence-electron chi connectivity index (χ2n) is 5.12. The third-order valence-corrected chi connectivity index (χ3v) is 4.25. The third kappa shape index (κ3) is 3.70. The minimum atomic E-state index is -3.78. The van der Waals surface area contributed by atoms with Gasteiger partial charge >= 0.3 is 5.97 Å². The van der Waals surface area contributed by atoms with Crippen LogP contribution in [0.3, 0.4) is 0 Å². The summed E-state index contributed by atoms with van der Waals surface area (Å²) in [6, 6.07) is 10.8. The molecule has 0 fully saturated rings. The molecule has 25 heavy (non-hydrogen) atoms. The topological polar surface area (TPSA) is 139 Å². The number of pyridine rings is 1. The molecular formula is C15H13N5O4S. The number of carboxylic acids is 1. The van der Waals surface area contributed by atoms with Crippen molar-refractivity contribution in [1.29, 1.82) is 0 Å². The number of primary sulfonamides is 1. The van der Waals surface area contributed by atoms with Crippen LogP contribution < -0.4 is 5.14 Å². The Balaban J connectivity index is 1.99. The van der Waals surface area contributed by atoms with Crippen LogP contribution in [0.25, 0.3) is 5.65 Å². The fourth-order valence-electron chi connectivity index (χ4n) is 2.21. The zero-order valence-electron chi connectivity index (χ0n) is 12.8. The van der Waals surface area contributed by atoms with E-state index < -0.39 is 16.0 Å². The molecule has 0 saturated carbocycles. The molecule has 0 unspecified atom stereocenters. The van der Waals surface area contributed by atoms with Crippen LogP contribution in [0.5, 0.6) is 0 Å². The molecule has 0 aliphatic heterocycles. The largest absolute Gasteiger partial charge is 0.481 e. The van der Waals surface area contributed by atoms with E-state index in [1.54, 1.807) is 28.8 Å². The van der Waals surface area contributed by atoms with Gasteiger partial charge in [-0.15, -0.1) is 10.2 Å². The molecular weight excluding hydrogens is 346 g/mol. The van der Waals surface area contributed by atoms with E-state index in [1.807, 2.05) is 0 Å². The molecule has 2 aromatic heterocycles. The molecule has 1 aromatic carbocycles. The quantitative estimate of drug-likeness (QED) is 0.671. The number of aromatic nitrogens is 2. The van der Waals surface area contributed by atoms with E-state index in [-0.39, 0.29) is 17.0 Å². The van der Waals surface area contributed by atoms with Gasteiger partial charge in [0.05, 0.1) is 22.7 Å². The molecule has 9 nitrogen and oxygen atoms in total. The van der Waals surface area contributed by atoms with Crippen molar-refractivity contribution >= 4 is 33.1 Å². The van der Waals surface area contributed by atoms with E-state index >= 15 is 0 Å². The fraction of sp³-hybridized carbons (Fsp3) is 0.0667.